The van der Waals surface area contributed by atoms with Gasteiger partial charge in [0.2, 0.25) is 0 Å². The Hall–Kier alpha value is -1.11. The van der Waals surface area contributed by atoms with Gasteiger partial charge >= 0.3 is 0 Å². The van der Waals surface area contributed by atoms with Crippen LogP contribution in [0.15, 0.2) is 35.6 Å². The topological polar surface area (TPSA) is 26.0 Å². The number of rotatable bonds is 0. The van der Waals surface area contributed by atoms with Crippen LogP contribution in [0.1, 0.15) is 6.92 Å². The van der Waals surface area contributed by atoms with Gasteiger partial charge in [0.1, 0.15) is 5.70 Å². The molecule has 0 heterocycles. The molecule has 1 aliphatic carbocycles. The summed E-state index contributed by atoms with van der Waals surface area (Å²) in [4.78, 5) is 0. The van der Waals surface area contributed by atoms with Crippen molar-refractivity contribution in [1.82, 2.24) is 0 Å². The standard InChI is InChI=1S/C8H10N/c1-2-7-4-3-5-8(9)6-7/h2-6H,9H2,1H3/q+1. The maximum Gasteiger partial charge on any atom is 0.117 e. The van der Waals surface area contributed by atoms with Crippen molar-refractivity contribution < 1.29 is 0 Å². The third-order valence-electron chi connectivity index (χ3n) is 1.24. The lowest BCUT2D eigenvalue weighted by atomic mass is 10.1. The second-order valence-electron chi connectivity index (χ2n) is 1.96. The molecule has 1 nitrogen and oxygen atoms in total. The minimum Gasteiger partial charge on any atom is -0.383 e. The van der Waals surface area contributed by atoms with Gasteiger partial charge < -0.3 is 5.73 Å². The third-order valence-corrected chi connectivity index (χ3v) is 1.24. The van der Waals surface area contributed by atoms with Crippen LogP contribution in [0.4, 0.5) is 0 Å². The quantitative estimate of drug-likeness (QED) is 0.482. The Balaban J connectivity index is 2.78. The average Bonchev–Trinajstić information content (AvgIpc) is 1.88. The van der Waals surface area contributed by atoms with E-state index < -0.39 is 0 Å². The van der Waals surface area contributed by atoms with Crippen LogP contribution < -0.4 is 5.73 Å². The molecule has 0 bridgehead atoms. The van der Waals surface area contributed by atoms with Crippen LogP contribution in [0.25, 0.3) is 0 Å². The summed E-state index contributed by atoms with van der Waals surface area (Å²) in [5.41, 5.74) is 7.51. The highest BCUT2D eigenvalue weighted by molar-refractivity contribution is 5.41. The van der Waals surface area contributed by atoms with Crippen LogP contribution in [0.5, 0.6) is 0 Å². The average molecular weight is 120 g/mol. The lowest BCUT2D eigenvalue weighted by Gasteiger charge is -1.94. The highest BCUT2D eigenvalue weighted by Gasteiger charge is 2.03. The summed E-state index contributed by atoms with van der Waals surface area (Å²) < 4.78 is 0. The van der Waals surface area contributed by atoms with E-state index in [2.05, 4.69) is 0 Å². The van der Waals surface area contributed by atoms with Gasteiger partial charge in [-0.25, -0.2) is 0 Å². The Morgan fingerprint density at radius 3 is 2.89 bits per heavy atom. The van der Waals surface area contributed by atoms with Crippen molar-refractivity contribution in [1.29, 1.82) is 0 Å². The SMILES string of the molecule is CC=C1C=C(N)C=C[CH+]1. The van der Waals surface area contributed by atoms with Crippen molar-refractivity contribution in [2.45, 2.75) is 6.92 Å². The summed E-state index contributed by atoms with van der Waals surface area (Å²) >= 11 is 0. The van der Waals surface area contributed by atoms with E-state index in [0.29, 0.717) is 0 Å². The van der Waals surface area contributed by atoms with E-state index in [1.165, 1.54) is 5.57 Å². The van der Waals surface area contributed by atoms with Crippen molar-refractivity contribution in [3.63, 3.8) is 0 Å². The van der Waals surface area contributed by atoms with Crippen LogP contribution in [0.2, 0.25) is 0 Å². The Bertz CT molecular complexity index is 185. The van der Waals surface area contributed by atoms with Gasteiger partial charge in [-0.3, -0.25) is 0 Å². The Labute approximate surface area is 55.6 Å². The molecule has 0 aromatic rings. The first-order chi connectivity index (χ1) is 4.33. The normalized spacial score (nSPS) is 21.4. The van der Waals surface area contributed by atoms with Crippen LogP contribution in [-0.4, -0.2) is 0 Å². The molecule has 1 heteroatoms. The number of hydrogen-bond acceptors (Lipinski definition) is 1. The fourth-order valence-electron chi connectivity index (χ4n) is 0.739. The molecule has 0 aromatic carbocycles. The van der Waals surface area contributed by atoms with Crippen molar-refractivity contribution in [3.8, 4) is 0 Å². The molecule has 46 valence electrons. The van der Waals surface area contributed by atoms with E-state index in [1.807, 2.05) is 37.6 Å². The highest BCUT2D eigenvalue weighted by atomic mass is 14.6. The van der Waals surface area contributed by atoms with E-state index in [0.717, 1.165) is 5.70 Å². The molecule has 0 fully saturated rings. The molecule has 1 rings (SSSR count). The van der Waals surface area contributed by atoms with Gasteiger partial charge in [0.05, 0.1) is 11.6 Å². The first-order valence-corrected chi connectivity index (χ1v) is 2.98. The molecule has 1 aliphatic rings. The fourth-order valence-corrected chi connectivity index (χ4v) is 0.739. The van der Waals surface area contributed by atoms with Gasteiger partial charge in [-0.2, -0.15) is 0 Å². The lowest BCUT2D eigenvalue weighted by Crippen LogP contribution is -1.97. The summed E-state index contributed by atoms with van der Waals surface area (Å²) in [5, 5.41) is 0. The number of nitrogens with two attached hydrogens (primary N) is 1. The monoisotopic (exact) mass is 120 g/mol. The van der Waals surface area contributed by atoms with Gasteiger partial charge in [-0.05, 0) is 13.0 Å². The summed E-state index contributed by atoms with van der Waals surface area (Å²) in [7, 11) is 0. The first-order valence-electron chi connectivity index (χ1n) is 2.98. The zero-order valence-corrected chi connectivity index (χ0v) is 5.46. The number of allylic oxidation sites excluding steroid dienone is 5. The van der Waals surface area contributed by atoms with E-state index in [4.69, 9.17) is 5.73 Å². The molecule has 0 amide bonds. The Morgan fingerprint density at radius 1 is 1.67 bits per heavy atom. The second-order valence-corrected chi connectivity index (χ2v) is 1.96. The zero-order chi connectivity index (χ0) is 6.69. The Morgan fingerprint density at radius 2 is 2.44 bits per heavy atom. The molecular formula is C8H10N+. The summed E-state index contributed by atoms with van der Waals surface area (Å²) in [6.45, 7) is 1.99. The molecule has 0 saturated carbocycles. The maximum absolute atomic E-state index is 5.51. The smallest absolute Gasteiger partial charge is 0.117 e. The van der Waals surface area contributed by atoms with Crippen LogP contribution >= 0.6 is 0 Å². The minimum absolute atomic E-state index is 0.825. The molecule has 0 aliphatic heterocycles. The molecular weight excluding hydrogens is 110 g/mol. The molecule has 0 spiro atoms. The van der Waals surface area contributed by atoms with E-state index in [1.54, 1.807) is 0 Å². The molecule has 0 unspecified atom stereocenters. The predicted octanol–water partition coefficient (Wildman–Crippen LogP) is 1.55. The van der Waals surface area contributed by atoms with Crippen LogP contribution in [0, 0.1) is 6.42 Å². The van der Waals surface area contributed by atoms with Crippen molar-refractivity contribution in [2.24, 2.45) is 5.73 Å². The highest BCUT2D eigenvalue weighted by Crippen LogP contribution is 2.10. The predicted molar refractivity (Wildman–Crippen MR) is 39.5 cm³/mol. The second kappa shape index (κ2) is 2.44. The summed E-state index contributed by atoms with van der Waals surface area (Å²) in [5.74, 6) is 0. The lowest BCUT2D eigenvalue weighted by molar-refractivity contribution is 1.34. The Kier molecular flexibility index (Phi) is 1.63. The van der Waals surface area contributed by atoms with Gasteiger partial charge in [0.15, 0.2) is 0 Å². The van der Waals surface area contributed by atoms with Gasteiger partial charge in [-0.1, -0.05) is 0 Å². The molecule has 0 atom stereocenters. The van der Waals surface area contributed by atoms with Crippen LogP contribution in [-0.2, 0) is 0 Å². The van der Waals surface area contributed by atoms with E-state index >= 15 is 0 Å². The zero-order valence-electron chi connectivity index (χ0n) is 5.46. The molecule has 0 aromatic heterocycles. The molecule has 9 heavy (non-hydrogen) atoms. The molecule has 2 N–H and O–H groups in total. The fraction of sp³-hybridized carbons (Fsp3) is 0.125. The van der Waals surface area contributed by atoms with Crippen molar-refractivity contribution in [3.05, 3.63) is 42.0 Å². The minimum atomic E-state index is 0.825. The van der Waals surface area contributed by atoms with E-state index in [-0.39, 0.29) is 0 Å². The molecule has 0 saturated heterocycles. The molecule has 0 radical (unpaired) electrons. The van der Waals surface area contributed by atoms with Crippen LogP contribution in [0.3, 0.4) is 0 Å². The van der Waals surface area contributed by atoms with Crippen molar-refractivity contribution >= 4 is 0 Å². The van der Waals surface area contributed by atoms with Gasteiger partial charge in [0, 0.05) is 18.6 Å². The van der Waals surface area contributed by atoms with E-state index in [9.17, 15) is 0 Å². The van der Waals surface area contributed by atoms with Crippen molar-refractivity contribution in [2.75, 3.05) is 0 Å². The first kappa shape index (κ1) is 6.02. The largest absolute Gasteiger partial charge is 0.383 e. The summed E-state index contributed by atoms with van der Waals surface area (Å²) in [6.07, 6.45) is 9.82. The van der Waals surface area contributed by atoms with Gasteiger partial charge in [0.25, 0.3) is 0 Å². The number of hydrogen-bond donors (Lipinski definition) is 1. The third kappa shape index (κ3) is 1.39. The summed E-state index contributed by atoms with van der Waals surface area (Å²) in [6, 6.07) is 0. The van der Waals surface area contributed by atoms with Gasteiger partial charge in [-0.15, -0.1) is 0 Å². The maximum atomic E-state index is 5.51.